The minimum atomic E-state index is -4.01. The number of amides is 2. The highest BCUT2D eigenvalue weighted by atomic mass is 32.2. The van der Waals surface area contributed by atoms with Crippen molar-refractivity contribution in [2.24, 2.45) is 10.3 Å². The third-order valence-corrected chi connectivity index (χ3v) is 6.70. The van der Waals surface area contributed by atoms with Gasteiger partial charge in [-0.1, -0.05) is 42.5 Å². The Balaban J connectivity index is 1.60. The summed E-state index contributed by atoms with van der Waals surface area (Å²) in [4.78, 5) is 24.3. The topological polar surface area (TPSA) is 179 Å². The molecular weight excluding hydrogens is 480 g/mol. The van der Waals surface area contributed by atoms with Crippen molar-refractivity contribution in [3.05, 3.63) is 78.4 Å². The van der Waals surface area contributed by atoms with Gasteiger partial charge >= 0.3 is 0 Å². The van der Waals surface area contributed by atoms with Gasteiger partial charge in [0.25, 0.3) is 5.91 Å². The van der Waals surface area contributed by atoms with Crippen molar-refractivity contribution in [2.45, 2.75) is 16.2 Å². The van der Waals surface area contributed by atoms with Gasteiger partial charge in [0.05, 0.1) is 10.6 Å². The molecule has 0 spiro atoms. The van der Waals surface area contributed by atoms with Crippen LogP contribution in [-0.4, -0.2) is 35.2 Å². The maximum Gasteiger partial charge on any atom is 0.251 e. The number of benzene rings is 3. The summed E-state index contributed by atoms with van der Waals surface area (Å²) in [7, 11) is -7.93. The molecule has 0 aliphatic rings. The van der Waals surface area contributed by atoms with Crippen LogP contribution in [-0.2, 0) is 24.8 Å². The van der Waals surface area contributed by atoms with Gasteiger partial charge in [0, 0.05) is 24.1 Å². The molecule has 0 atom stereocenters. The van der Waals surface area contributed by atoms with Crippen LogP contribution in [0.2, 0.25) is 0 Å². The van der Waals surface area contributed by atoms with Crippen molar-refractivity contribution >= 4 is 37.5 Å². The third kappa shape index (κ3) is 6.26. The molecule has 0 saturated carbocycles. The molecule has 0 aromatic heterocycles. The van der Waals surface area contributed by atoms with E-state index in [0.717, 1.165) is 0 Å². The van der Waals surface area contributed by atoms with Gasteiger partial charge in [-0.2, -0.15) is 0 Å². The zero-order valence-electron chi connectivity index (χ0n) is 17.8. The van der Waals surface area contributed by atoms with Gasteiger partial charge in [0.2, 0.25) is 26.0 Å². The van der Waals surface area contributed by atoms with Gasteiger partial charge in [0.1, 0.15) is 4.90 Å². The molecular formula is C22H22N4O6S2. The first kappa shape index (κ1) is 25.1. The normalized spacial score (nSPS) is 11.6. The smallest absolute Gasteiger partial charge is 0.251 e. The van der Waals surface area contributed by atoms with E-state index < -0.39 is 31.9 Å². The van der Waals surface area contributed by atoms with Crippen LogP contribution in [0.4, 0.5) is 5.69 Å². The van der Waals surface area contributed by atoms with Crippen molar-refractivity contribution < 1.29 is 26.4 Å². The van der Waals surface area contributed by atoms with E-state index in [1.807, 2.05) is 0 Å². The van der Waals surface area contributed by atoms with Gasteiger partial charge < -0.3 is 10.6 Å². The number of carbonyl (C=O) groups excluding carboxylic acids is 2. The molecule has 0 bridgehead atoms. The van der Waals surface area contributed by atoms with E-state index in [2.05, 4.69) is 10.6 Å². The molecule has 12 heteroatoms. The van der Waals surface area contributed by atoms with Crippen molar-refractivity contribution in [1.82, 2.24) is 5.32 Å². The molecule has 0 aliphatic carbocycles. The van der Waals surface area contributed by atoms with Gasteiger partial charge in [-0.15, -0.1) is 0 Å². The zero-order valence-corrected chi connectivity index (χ0v) is 19.4. The molecule has 0 unspecified atom stereocenters. The van der Waals surface area contributed by atoms with E-state index in [9.17, 15) is 26.4 Å². The number of sulfonamides is 2. The molecule has 0 saturated heterocycles. The van der Waals surface area contributed by atoms with E-state index in [4.69, 9.17) is 10.3 Å². The highest BCUT2D eigenvalue weighted by Crippen LogP contribution is 2.26. The van der Waals surface area contributed by atoms with Gasteiger partial charge in [0.15, 0.2) is 0 Å². The summed E-state index contributed by atoms with van der Waals surface area (Å²) < 4.78 is 46.8. The average Bonchev–Trinajstić information content (AvgIpc) is 2.78. The predicted molar refractivity (Wildman–Crippen MR) is 127 cm³/mol. The van der Waals surface area contributed by atoms with Crippen LogP contribution in [0.15, 0.2) is 82.6 Å². The second kappa shape index (κ2) is 10.1. The number of hydrogen-bond acceptors (Lipinski definition) is 6. The Hall–Kier alpha value is -3.58. The van der Waals surface area contributed by atoms with Crippen LogP contribution in [0.5, 0.6) is 0 Å². The lowest BCUT2D eigenvalue weighted by molar-refractivity contribution is -0.116. The minimum Gasteiger partial charge on any atom is -0.352 e. The molecule has 10 nitrogen and oxygen atoms in total. The van der Waals surface area contributed by atoms with Crippen LogP contribution in [0, 0.1) is 0 Å². The molecule has 0 radical (unpaired) electrons. The maximum absolute atomic E-state index is 12.4. The molecule has 3 aromatic rings. The number of anilines is 1. The number of rotatable bonds is 8. The summed E-state index contributed by atoms with van der Waals surface area (Å²) in [6.07, 6.45) is -0.107. The fourth-order valence-electron chi connectivity index (χ4n) is 3.18. The molecule has 0 fully saturated rings. The number of nitrogens with two attached hydrogens (primary N) is 2. The summed E-state index contributed by atoms with van der Waals surface area (Å²) in [5, 5.41) is 15.5. The monoisotopic (exact) mass is 502 g/mol. The van der Waals surface area contributed by atoms with Crippen LogP contribution >= 0.6 is 0 Å². The Bertz CT molecular complexity index is 1440. The van der Waals surface area contributed by atoms with E-state index in [1.54, 1.807) is 36.4 Å². The van der Waals surface area contributed by atoms with Gasteiger partial charge in [-0.25, -0.2) is 27.1 Å². The van der Waals surface area contributed by atoms with Crippen LogP contribution < -0.4 is 20.9 Å². The van der Waals surface area contributed by atoms with Crippen molar-refractivity contribution in [3.8, 4) is 11.1 Å². The third-order valence-electron chi connectivity index (χ3n) is 4.76. The predicted octanol–water partition coefficient (Wildman–Crippen LogP) is 1.41. The fraction of sp³-hybridized carbons (Fsp3) is 0.0909. The SMILES string of the molecule is NS(=O)(=O)c1ccccc1NC(=O)CCNC(=O)c1ccc(-c2ccccc2S(N)(=O)=O)cc1. The molecule has 3 rings (SSSR count). The van der Waals surface area contributed by atoms with Crippen molar-refractivity contribution in [3.63, 3.8) is 0 Å². The molecule has 6 N–H and O–H groups in total. The Morgan fingerprint density at radius 1 is 0.735 bits per heavy atom. The maximum atomic E-state index is 12.4. The minimum absolute atomic E-state index is 0.00178. The standard InChI is InChI=1S/C22H22N4O6S2/c23-33(29,30)19-7-3-1-5-17(19)15-9-11-16(12-10-15)22(28)25-14-13-21(27)26-18-6-2-4-8-20(18)34(24,31)32/h1-12H,13-14H2,(H,25,28)(H,26,27)(H2,23,29,30)(H2,24,31,32). The lowest BCUT2D eigenvalue weighted by Gasteiger charge is -2.10. The average molecular weight is 503 g/mol. The Morgan fingerprint density at radius 3 is 1.91 bits per heavy atom. The van der Waals surface area contributed by atoms with E-state index in [0.29, 0.717) is 16.7 Å². The summed E-state index contributed by atoms with van der Waals surface area (Å²) in [6, 6.07) is 18.2. The van der Waals surface area contributed by atoms with E-state index >= 15 is 0 Å². The van der Waals surface area contributed by atoms with E-state index in [-0.39, 0.29) is 28.4 Å². The lowest BCUT2D eigenvalue weighted by Crippen LogP contribution is -2.28. The number of hydrogen-bond donors (Lipinski definition) is 4. The second-order valence-corrected chi connectivity index (χ2v) is 10.3. The largest absolute Gasteiger partial charge is 0.352 e. The molecule has 3 aromatic carbocycles. The molecule has 34 heavy (non-hydrogen) atoms. The van der Waals surface area contributed by atoms with Gasteiger partial charge in [-0.3, -0.25) is 9.59 Å². The first-order valence-corrected chi connectivity index (χ1v) is 13.0. The quantitative estimate of drug-likeness (QED) is 0.361. The highest BCUT2D eigenvalue weighted by Gasteiger charge is 2.16. The summed E-state index contributed by atoms with van der Waals surface area (Å²) in [5.41, 5.74) is 1.33. The Labute approximate surface area is 197 Å². The first-order valence-electron chi connectivity index (χ1n) is 9.89. The summed E-state index contributed by atoms with van der Waals surface area (Å²) in [6.45, 7) is -0.00178. The number of nitrogens with one attached hydrogen (secondary N) is 2. The highest BCUT2D eigenvalue weighted by molar-refractivity contribution is 7.89. The Morgan fingerprint density at radius 2 is 1.29 bits per heavy atom. The van der Waals surface area contributed by atoms with Crippen LogP contribution in [0.25, 0.3) is 11.1 Å². The molecule has 0 heterocycles. The van der Waals surface area contributed by atoms with Crippen molar-refractivity contribution in [2.75, 3.05) is 11.9 Å². The number of primary sulfonamides is 2. The molecule has 178 valence electrons. The first-order chi connectivity index (χ1) is 16.0. The number of para-hydroxylation sites is 1. The second-order valence-electron chi connectivity index (χ2n) is 7.21. The van der Waals surface area contributed by atoms with Crippen LogP contribution in [0.1, 0.15) is 16.8 Å². The summed E-state index contributed by atoms with van der Waals surface area (Å²) >= 11 is 0. The molecule has 0 aliphatic heterocycles. The van der Waals surface area contributed by atoms with Gasteiger partial charge in [-0.05, 0) is 35.9 Å². The zero-order chi connectivity index (χ0) is 24.9. The number of carbonyl (C=O) groups is 2. The lowest BCUT2D eigenvalue weighted by atomic mass is 10.0. The molecule has 2 amide bonds. The van der Waals surface area contributed by atoms with Crippen LogP contribution in [0.3, 0.4) is 0 Å². The van der Waals surface area contributed by atoms with E-state index in [1.165, 1.54) is 36.4 Å². The Kier molecular flexibility index (Phi) is 7.47. The fourth-order valence-corrected chi connectivity index (χ4v) is 4.63. The van der Waals surface area contributed by atoms with Crippen molar-refractivity contribution in [1.29, 1.82) is 0 Å². The summed E-state index contributed by atoms with van der Waals surface area (Å²) in [5.74, 6) is -0.949.